The molecule has 0 spiro atoms. The molecule has 2 N–H and O–H groups in total. The van der Waals surface area contributed by atoms with Crippen molar-refractivity contribution in [2.45, 2.75) is 63.6 Å². The Morgan fingerprint density at radius 2 is 2.05 bits per heavy atom. The van der Waals surface area contributed by atoms with Crippen LogP contribution in [-0.2, 0) is 10.0 Å². The summed E-state index contributed by atoms with van der Waals surface area (Å²) in [6.07, 6.45) is 6.77. The van der Waals surface area contributed by atoms with Crippen LogP contribution in [-0.4, -0.2) is 57.3 Å². The Labute approximate surface area is 123 Å². The topological polar surface area (TPSA) is 61.4 Å². The number of nitrogens with zero attached hydrogens (tertiary/aromatic N) is 1. The van der Waals surface area contributed by atoms with Crippen LogP contribution in [0, 0.1) is 0 Å². The highest BCUT2D eigenvalue weighted by Crippen LogP contribution is 2.26. The summed E-state index contributed by atoms with van der Waals surface area (Å²) >= 11 is 0. The minimum Gasteiger partial charge on any atom is -0.314 e. The standard InChI is InChI=1S/C14H29N3O2S/c1-12(17(2)14-6-7-14)11-16-20(18,19)10-8-13-5-3-4-9-15-13/h12-16H,3-11H2,1-2H3. The Balaban J connectivity index is 1.67. The van der Waals surface area contributed by atoms with Crippen LogP contribution in [0.5, 0.6) is 0 Å². The van der Waals surface area contributed by atoms with Gasteiger partial charge < -0.3 is 5.32 Å². The Hall–Kier alpha value is -0.170. The van der Waals surface area contributed by atoms with E-state index in [0.717, 1.165) is 19.4 Å². The first-order valence-electron chi connectivity index (χ1n) is 7.90. The van der Waals surface area contributed by atoms with Gasteiger partial charge in [0.2, 0.25) is 10.0 Å². The maximum atomic E-state index is 12.0. The van der Waals surface area contributed by atoms with E-state index in [1.807, 2.05) is 0 Å². The molecule has 1 aliphatic heterocycles. The smallest absolute Gasteiger partial charge is 0.211 e. The number of nitrogens with one attached hydrogen (secondary N) is 2. The summed E-state index contributed by atoms with van der Waals surface area (Å²) in [5.74, 6) is 0.241. The second-order valence-electron chi connectivity index (χ2n) is 6.35. The molecular weight excluding hydrogens is 274 g/mol. The van der Waals surface area contributed by atoms with Gasteiger partial charge in [-0.1, -0.05) is 6.42 Å². The lowest BCUT2D eigenvalue weighted by molar-refractivity contribution is 0.248. The lowest BCUT2D eigenvalue weighted by atomic mass is 10.0. The summed E-state index contributed by atoms with van der Waals surface area (Å²) in [5.41, 5.74) is 0. The summed E-state index contributed by atoms with van der Waals surface area (Å²) in [5, 5.41) is 3.40. The molecular formula is C14H29N3O2S. The maximum absolute atomic E-state index is 12.0. The van der Waals surface area contributed by atoms with Crippen LogP contribution in [0.3, 0.4) is 0 Å². The van der Waals surface area contributed by atoms with Crippen molar-refractivity contribution >= 4 is 10.0 Å². The van der Waals surface area contributed by atoms with E-state index in [4.69, 9.17) is 0 Å². The molecule has 20 heavy (non-hydrogen) atoms. The molecule has 1 saturated heterocycles. The molecule has 0 aromatic heterocycles. The van der Waals surface area contributed by atoms with Crippen molar-refractivity contribution in [1.29, 1.82) is 0 Å². The van der Waals surface area contributed by atoms with Gasteiger partial charge >= 0.3 is 0 Å². The molecule has 118 valence electrons. The number of sulfonamides is 1. The zero-order valence-electron chi connectivity index (χ0n) is 12.8. The number of hydrogen-bond donors (Lipinski definition) is 2. The van der Waals surface area contributed by atoms with E-state index >= 15 is 0 Å². The fourth-order valence-electron chi connectivity index (χ4n) is 2.77. The Kier molecular flexibility index (Phi) is 5.84. The first kappa shape index (κ1) is 16.2. The van der Waals surface area contributed by atoms with Crippen LogP contribution in [0.2, 0.25) is 0 Å². The Bertz CT molecular complexity index is 389. The number of hydrogen-bond acceptors (Lipinski definition) is 4. The highest BCUT2D eigenvalue weighted by Gasteiger charge is 2.29. The molecule has 0 aromatic carbocycles. The molecule has 1 heterocycles. The van der Waals surface area contributed by atoms with E-state index in [1.54, 1.807) is 0 Å². The molecule has 2 unspecified atom stereocenters. The third-order valence-corrected chi connectivity index (χ3v) is 5.94. The number of likely N-dealkylation sites (N-methyl/N-ethyl adjacent to an activating group) is 1. The van der Waals surface area contributed by atoms with E-state index in [1.165, 1.54) is 25.7 Å². The van der Waals surface area contributed by atoms with E-state index in [0.29, 0.717) is 18.6 Å². The highest BCUT2D eigenvalue weighted by atomic mass is 32.2. The van der Waals surface area contributed by atoms with Crippen LogP contribution in [0.15, 0.2) is 0 Å². The van der Waals surface area contributed by atoms with Gasteiger partial charge in [-0.15, -0.1) is 0 Å². The molecule has 2 atom stereocenters. The van der Waals surface area contributed by atoms with Crippen LogP contribution < -0.4 is 10.0 Å². The third kappa shape index (κ3) is 5.31. The van der Waals surface area contributed by atoms with Crippen molar-refractivity contribution in [2.75, 3.05) is 25.9 Å². The average molecular weight is 303 g/mol. The van der Waals surface area contributed by atoms with Crippen molar-refractivity contribution in [3.05, 3.63) is 0 Å². The van der Waals surface area contributed by atoms with E-state index < -0.39 is 10.0 Å². The number of rotatable bonds is 8. The Morgan fingerprint density at radius 3 is 2.65 bits per heavy atom. The molecule has 2 aliphatic rings. The first-order chi connectivity index (χ1) is 9.48. The van der Waals surface area contributed by atoms with Gasteiger partial charge in [0.25, 0.3) is 0 Å². The highest BCUT2D eigenvalue weighted by molar-refractivity contribution is 7.89. The molecule has 2 rings (SSSR count). The molecule has 0 amide bonds. The number of piperidine rings is 1. The van der Waals surface area contributed by atoms with Gasteiger partial charge in [-0.2, -0.15) is 0 Å². The van der Waals surface area contributed by atoms with Crippen molar-refractivity contribution in [2.24, 2.45) is 0 Å². The summed E-state index contributed by atoms with van der Waals surface area (Å²) in [6.45, 7) is 3.64. The van der Waals surface area contributed by atoms with E-state index in [2.05, 4.69) is 28.9 Å². The molecule has 1 saturated carbocycles. The second-order valence-corrected chi connectivity index (χ2v) is 8.27. The minimum atomic E-state index is -3.13. The van der Waals surface area contributed by atoms with E-state index in [-0.39, 0.29) is 11.8 Å². The summed E-state index contributed by atoms with van der Waals surface area (Å²) in [6, 6.07) is 1.32. The fraction of sp³-hybridized carbons (Fsp3) is 1.00. The fourth-order valence-corrected chi connectivity index (χ4v) is 4.01. The first-order valence-corrected chi connectivity index (χ1v) is 9.56. The minimum absolute atomic E-state index is 0.241. The summed E-state index contributed by atoms with van der Waals surface area (Å²) < 4.78 is 26.8. The van der Waals surface area contributed by atoms with Gasteiger partial charge in [-0.3, -0.25) is 4.90 Å². The quantitative estimate of drug-likeness (QED) is 0.700. The predicted molar refractivity (Wildman–Crippen MR) is 82.3 cm³/mol. The summed E-state index contributed by atoms with van der Waals surface area (Å²) in [4.78, 5) is 2.28. The predicted octanol–water partition coefficient (Wildman–Crippen LogP) is 0.921. The SMILES string of the molecule is CC(CNS(=O)(=O)CCC1CCCCN1)N(C)C1CC1. The van der Waals surface area contributed by atoms with E-state index in [9.17, 15) is 8.42 Å². The Morgan fingerprint density at radius 1 is 1.30 bits per heavy atom. The van der Waals surface area contributed by atoms with Gasteiger partial charge in [-0.05, 0) is 52.6 Å². The lowest BCUT2D eigenvalue weighted by Crippen LogP contribution is -2.42. The lowest BCUT2D eigenvalue weighted by Gasteiger charge is -2.25. The zero-order valence-corrected chi connectivity index (χ0v) is 13.6. The molecule has 0 radical (unpaired) electrons. The average Bonchev–Trinajstić information content (AvgIpc) is 3.28. The van der Waals surface area contributed by atoms with Crippen LogP contribution in [0.4, 0.5) is 0 Å². The van der Waals surface area contributed by atoms with Crippen molar-refractivity contribution in [3.8, 4) is 0 Å². The molecule has 6 heteroatoms. The van der Waals surface area contributed by atoms with Gasteiger partial charge in [0.05, 0.1) is 5.75 Å². The zero-order chi connectivity index (χ0) is 14.6. The van der Waals surface area contributed by atoms with Crippen LogP contribution in [0.1, 0.15) is 45.4 Å². The van der Waals surface area contributed by atoms with Crippen LogP contribution >= 0.6 is 0 Å². The van der Waals surface area contributed by atoms with Crippen LogP contribution in [0.25, 0.3) is 0 Å². The summed E-state index contributed by atoms with van der Waals surface area (Å²) in [7, 11) is -1.05. The van der Waals surface area contributed by atoms with Gasteiger partial charge in [0.1, 0.15) is 0 Å². The van der Waals surface area contributed by atoms with Gasteiger partial charge in [-0.25, -0.2) is 13.1 Å². The molecule has 1 aliphatic carbocycles. The largest absolute Gasteiger partial charge is 0.314 e. The normalized spacial score (nSPS) is 25.9. The third-order valence-electron chi connectivity index (χ3n) is 4.56. The second kappa shape index (κ2) is 7.20. The molecule has 0 aromatic rings. The van der Waals surface area contributed by atoms with Crippen molar-refractivity contribution in [1.82, 2.24) is 14.9 Å². The van der Waals surface area contributed by atoms with Crippen molar-refractivity contribution in [3.63, 3.8) is 0 Å². The maximum Gasteiger partial charge on any atom is 0.211 e. The van der Waals surface area contributed by atoms with Gasteiger partial charge in [0, 0.05) is 24.7 Å². The molecule has 5 nitrogen and oxygen atoms in total. The van der Waals surface area contributed by atoms with Crippen molar-refractivity contribution < 1.29 is 8.42 Å². The monoisotopic (exact) mass is 303 g/mol. The van der Waals surface area contributed by atoms with Gasteiger partial charge in [0.15, 0.2) is 0 Å². The molecule has 0 bridgehead atoms. The molecule has 2 fully saturated rings.